The zero-order chi connectivity index (χ0) is 23.2. The van der Waals surface area contributed by atoms with Gasteiger partial charge in [-0.05, 0) is 29.7 Å². The molecule has 1 heterocycles. The van der Waals surface area contributed by atoms with Crippen molar-refractivity contribution in [3.8, 4) is 11.5 Å². The predicted molar refractivity (Wildman–Crippen MR) is 128 cm³/mol. The number of amides is 2. The topological polar surface area (TPSA) is 79.9 Å². The molecule has 0 aromatic heterocycles. The molecule has 0 saturated heterocycles. The van der Waals surface area contributed by atoms with E-state index in [-0.39, 0.29) is 18.4 Å². The van der Waals surface area contributed by atoms with E-state index >= 15 is 0 Å². The highest BCUT2D eigenvalue weighted by Gasteiger charge is 2.20. The molecule has 0 aliphatic carbocycles. The lowest BCUT2D eigenvalue weighted by Gasteiger charge is -2.28. The van der Waals surface area contributed by atoms with Crippen molar-refractivity contribution < 1.29 is 19.1 Å². The van der Waals surface area contributed by atoms with Gasteiger partial charge in [-0.3, -0.25) is 14.5 Å². The Bertz CT molecular complexity index is 1150. The van der Waals surface area contributed by atoms with Gasteiger partial charge in [0.1, 0.15) is 11.5 Å². The van der Waals surface area contributed by atoms with Crippen molar-refractivity contribution in [2.45, 2.75) is 13.0 Å². The third-order valence-corrected chi connectivity index (χ3v) is 5.66. The maximum atomic E-state index is 12.8. The second-order valence-corrected chi connectivity index (χ2v) is 7.85. The summed E-state index contributed by atoms with van der Waals surface area (Å²) in [5.74, 6) is 0.438. The van der Waals surface area contributed by atoms with Gasteiger partial charge in [0.2, 0.25) is 5.91 Å². The molecule has 2 amide bonds. The molecule has 170 valence electrons. The lowest BCUT2D eigenvalue weighted by molar-refractivity contribution is -0.117. The van der Waals surface area contributed by atoms with Crippen molar-refractivity contribution in [3.05, 3.63) is 83.4 Å². The number of methoxy groups -OCH3 is 2. The van der Waals surface area contributed by atoms with Crippen LogP contribution in [0.4, 0.5) is 11.4 Å². The number of fused-ring (bicyclic) bond motifs is 1. The van der Waals surface area contributed by atoms with Crippen LogP contribution in [0.3, 0.4) is 0 Å². The van der Waals surface area contributed by atoms with Gasteiger partial charge >= 0.3 is 0 Å². The first-order chi connectivity index (χ1) is 16.1. The smallest absolute Gasteiger partial charge is 0.255 e. The van der Waals surface area contributed by atoms with Crippen molar-refractivity contribution in [2.24, 2.45) is 0 Å². The van der Waals surface area contributed by atoms with Crippen molar-refractivity contribution >= 4 is 23.2 Å². The van der Waals surface area contributed by atoms with Crippen LogP contribution in [0.1, 0.15) is 21.5 Å². The number of rotatable bonds is 7. The molecule has 0 unspecified atom stereocenters. The van der Waals surface area contributed by atoms with Gasteiger partial charge in [0.15, 0.2) is 0 Å². The first-order valence-electron chi connectivity index (χ1n) is 10.8. The lowest BCUT2D eigenvalue weighted by atomic mass is 10.00. The molecule has 0 saturated carbocycles. The van der Waals surface area contributed by atoms with Crippen molar-refractivity contribution in [1.82, 2.24) is 4.90 Å². The Balaban J connectivity index is 1.46. The summed E-state index contributed by atoms with van der Waals surface area (Å²) >= 11 is 0. The van der Waals surface area contributed by atoms with Crippen LogP contribution in [0.15, 0.2) is 66.7 Å². The molecule has 4 rings (SSSR count). The molecule has 0 fully saturated rings. The molecular formula is C26H27N3O4. The highest BCUT2D eigenvalue weighted by molar-refractivity contribution is 6.05. The van der Waals surface area contributed by atoms with Gasteiger partial charge in [-0.1, -0.05) is 42.5 Å². The van der Waals surface area contributed by atoms with Crippen LogP contribution in [0.5, 0.6) is 11.5 Å². The summed E-state index contributed by atoms with van der Waals surface area (Å²) in [6, 6.07) is 20.5. The molecule has 3 aromatic rings. The number of carbonyl (C=O) groups is 2. The van der Waals surface area contributed by atoms with Gasteiger partial charge in [-0.15, -0.1) is 0 Å². The van der Waals surface area contributed by atoms with E-state index in [2.05, 4.69) is 27.7 Å². The van der Waals surface area contributed by atoms with E-state index in [0.717, 1.165) is 19.5 Å². The summed E-state index contributed by atoms with van der Waals surface area (Å²) < 4.78 is 10.9. The van der Waals surface area contributed by atoms with E-state index in [4.69, 9.17) is 9.47 Å². The predicted octanol–water partition coefficient (Wildman–Crippen LogP) is 3.95. The Morgan fingerprint density at radius 3 is 2.12 bits per heavy atom. The molecule has 0 atom stereocenters. The summed E-state index contributed by atoms with van der Waals surface area (Å²) in [7, 11) is 3.03. The average Bonchev–Trinajstić information content (AvgIpc) is 2.85. The quantitative estimate of drug-likeness (QED) is 0.576. The number of benzene rings is 3. The van der Waals surface area contributed by atoms with Crippen molar-refractivity contribution in [3.63, 3.8) is 0 Å². The van der Waals surface area contributed by atoms with E-state index < -0.39 is 0 Å². The third-order valence-electron chi connectivity index (χ3n) is 5.66. The lowest BCUT2D eigenvalue weighted by Crippen LogP contribution is -2.37. The Labute approximate surface area is 193 Å². The fraction of sp³-hybridized carbons (Fsp3) is 0.231. The summed E-state index contributed by atoms with van der Waals surface area (Å²) in [5.41, 5.74) is 4.06. The summed E-state index contributed by atoms with van der Waals surface area (Å²) in [6.45, 7) is 1.84. The molecule has 33 heavy (non-hydrogen) atoms. The number of hydrogen-bond donors (Lipinski definition) is 2. The maximum absolute atomic E-state index is 12.8. The largest absolute Gasteiger partial charge is 0.494 e. The van der Waals surface area contributed by atoms with Crippen LogP contribution in [-0.2, 0) is 17.8 Å². The molecule has 0 spiro atoms. The van der Waals surface area contributed by atoms with E-state index in [1.54, 1.807) is 36.4 Å². The fourth-order valence-electron chi connectivity index (χ4n) is 3.96. The number of anilines is 2. The summed E-state index contributed by atoms with van der Waals surface area (Å²) in [6.07, 6.45) is 0.927. The second kappa shape index (κ2) is 10.2. The Morgan fingerprint density at radius 2 is 1.45 bits per heavy atom. The SMILES string of the molecule is COc1cc(NC(=O)c2ccccc2)c(OC)cc1NC(=O)CN1CCc2ccccc2C1. The minimum absolute atomic E-state index is 0.143. The third kappa shape index (κ3) is 5.32. The average molecular weight is 446 g/mol. The Kier molecular flexibility index (Phi) is 6.90. The van der Waals surface area contributed by atoms with Crippen LogP contribution >= 0.6 is 0 Å². The van der Waals surface area contributed by atoms with Gasteiger partial charge in [0.25, 0.3) is 5.91 Å². The second-order valence-electron chi connectivity index (χ2n) is 7.85. The van der Waals surface area contributed by atoms with Crippen molar-refractivity contribution in [1.29, 1.82) is 0 Å². The molecule has 7 nitrogen and oxygen atoms in total. The highest BCUT2D eigenvalue weighted by atomic mass is 16.5. The van der Waals surface area contributed by atoms with E-state index in [1.165, 1.54) is 25.3 Å². The van der Waals surface area contributed by atoms with Crippen LogP contribution in [0.25, 0.3) is 0 Å². The van der Waals surface area contributed by atoms with E-state index in [9.17, 15) is 9.59 Å². The monoisotopic (exact) mass is 445 g/mol. The molecule has 1 aliphatic rings. The van der Waals surface area contributed by atoms with Gasteiger partial charge in [-0.2, -0.15) is 0 Å². The fourth-order valence-corrected chi connectivity index (χ4v) is 3.96. The number of ether oxygens (including phenoxy) is 2. The molecule has 2 N–H and O–H groups in total. The Morgan fingerprint density at radius 1 is 0.848 bits per heavy atom. The highest BCUT2D eigenvalue weighted by Crippen LogP contribution is 2.36. The molecule has 3 aromatic carbocycles. The molecular weight excluding hydrogens is 418 g/mol. The van der Waals surface area contributed by atoms with Gasteiger partial charge in [-0.25, -0.2) is 0 Å². The van der Waals surface area contributed by atoms with Crippen LogP contribution in [0, 0.1) is 0 Å². The molecule has 0 radical (unpaired) electrons. The minimum Gasteiger partial charge on any atom is -0.494 e. The van der Waals surface area contributed by atoms with Crippen LogP contribution < -0.4 is 20.1 Å². The number of hydrogen-bond acceptors (Lipinski definition) is 5. The standard InChI is InChI=1S/C26H27N3O4/c1-32-23-15-22(28-26(31)19-9-4-3-5-10-19)24(33-2)14-21(23)27-25(30)17-29-13-12-18-8-6-7-11-20(18)16-29/h3-11,14-15H,12-13,16-17H2,1-2H3,(H,27,30)(H,28,31). The molecule has 7 heteroatoms. The minimum atomic E-state index is -0.266. The zero-order valence-electron chi connectivity index (χ0n) is 18.8. The molecule has 0 bridgehead atoms. The number of nitrogens with one attached hydrogen (secondary N) is 2. The van der Waals surface area contributed by atoms with Gasteiger partial charge < -0.3 is 20.1 Å². The van der Waals surface area contributed by atoms with Crippen LogP contribution in [0.2, 0.25) is 0 Å². The normalized spacial score (nSPS) is 13.0. The van der Waals surface area contributed by atoms with Crippen molar-refractivity contribution in [2.75, 3.05) is 37.9 Å². The van der Waals surface area contributed by atoms with Gasteiger partial charge in [0, 0.05) is 30.8 Å². The summed E-state index contributed by atoms with van der Waals surface area (Å²) in [4.78, 5) is 27.5. The summed E-state index contributed by atoms with van der Waals surface area (Å²) in [5, 5.41) is 5.76. The van der Waals surface area contributed by atoms with Crippen LogP contribution in [-0.4, -0.2) is 44.0 Å². The molecule has 1 aliphatic heterocycles. The number of carbonyl (C=O) groups excluding carboxylic acids is 2. The maximum Gasteiger partial charge on any atom is 0.255 e. The first kappa shape index (κ1) is 22.4. The van der Waals surface area contributed by atoms with E-state index in [1.807, 2.05) is 18.2 Å². The Hall–Kier alpha value is -3.84. The zero-order valence-corrected chi connectivity index (χ0v) is 18.8. The van der Waals surface area contributed by atoms with E-state index in [0.29, 0.717) is 28.4 Å². The first-order valence-corrected chi connectivity index (χ1v) is 10.8. The number of nitrogens with zero attached hydrogens (tertiary/aromatic N) is 1. The van der Waals surface area contributed by atoms with Gasteiger partial charge in [0.05, 0.1) is 32.1 Å².